The van der Waals surface area contributed by atoms with Crippen LogP contribution in [0, 0.1) is 0 Å². The van der Waals surface area contributed by atoms with Crippen LogP contribution < -0.4 is 9.47 Å². The van der Waals surface area contributed by atoms with Gasteiger partial charge in [-0.3, -0.25) is 4.79 Å². The molecule has 1 heterocycles. The molecule has 1 aliphatic heterocycles. The van der Waals surface area contributed by atoms with Crippen molar-refractivity contribution in [3.05, 3.63) is 35.1 Å². The number of ether oxygens (including phenoxy) is 3. The first-order valence-electron chi connectivity index (χ1n) is 6.75. The third-order valence-corrected chi connectivity index (χ3v) is 2.79. The maximum atomic E-state index is 12.0. The Morgan fingerprint density at radius 2 is 2.00 bits per heavy atom. The van der Waals surface area contributed by atoms with Gasteiger partial charge in [0.15, 0.2) is 12.4 Å². The van der Waals surface area contributed by atoms with Gasteiger partial charge < -0.3 is 14.2 Å². The number of ketones is 1. The first-order chi connectivity index (χ1) is 9.88. The molecular weight excluding hydrogens is 272 g/mol. The van der Waals surface area contributed by atoms with Gasteiger partial charge in [-0.2, -0.15) is 0 Å². The molecule has 0 atom stereocenters. The topological polar surface area (TPSA) is 61.8 Å². The van der Waals surface area contributed by atoms with E-state index in [1.54, 1.807) is 32.0 Å². The van der Waals surface area contributed by atoms with Gasteiger partial charge >= 0.3 is 5.97 Å². The van der Waals surface area contributed by atoms with Crippen molar-refractivity contribution in [2.45, 2.75) is 33.8 Å². The molecule has 0 unspecified atom stereocenters. The van der Waals surface area contributed by atoms with E-state index >= 15 is 0 Å². The van der Waals surface area contributed by atoms with E-state index in [9.17, 15) is 9.59 Å². The molecule has 1 aromatic rings. The maximum absolute atomic E-state index is 12.0. The summed E-state index contributed by atoms with van der Waals surface area (Å²) >= 11 is 0. The first kappa shape index (κ1) is 15.1. The molecule has 0 bridgehead atoms. The zero-order chi connectivity index (χ0) is 15.6. The minimum atomic E-state index is -0.438. The minimum Gasteiger partial charge on any atom is -0.482 e. The Hall–Kier alpha value is -2.30. The number of carbonyl (C=O) groups is 2. The molecule has 1 aromatic carbocycles. The first-order valence-corrected chi connectivity index (χ1v) is 6.75. The number of allylic oxidation sites excluding steroid dienone is 2. The van der Waals surface area contributed by atoms with Crippen molar-refractivity contribution < 1.29 is 23.8 Å². The molecular formula is C16H18O5. The summed E-state index contributed by atoms with van der Waals surface area (Å²) in [5.41, 5.74) is 1.32. The number of esters is 1. The van der Waals surface area contributed by atoms with E-state index in [1.165, 1.54) is 0 Å². The highest BCUT2D eigenvalue weighted by Crippen LogP contribution is 2.35. The van der Waals surface area contributed by atoms with Crippen molar-refractivity contribution in [1.29, 1.82) is 0 Å². The number of carbonyl (C=O) groups excluding carboxylic acids is 2. The molecule has 0 radical (unpaired) electrons. The summed E-state index contributed by atoms with van der Waals surface area (Å²) in [5.74, 6) is 0.688. The van der Waals surface area contributed by atoms with Crippen LogP contribution in [-0.2, 0) is 9.53 Å². The van der Waals surface area contributed by atoms with Crippen LogP contribution in [0.4, 0.5) is 0 Å². The fraction of sp³-hybridized carbons (Fsp3) is 0.375. The molecule has 112 valence electrons. The number of fused-ring (bicyclic) bond motifs is 1. The maximum Gasteiger partial charge on any atom is 0.344 e. The lowest BCUT2D eigenvalue weighted by atomic mass is 10.1. The SMILES string of the molecule is CC(C)=C1Oc2cc(OCC(=O)OC(C)C)ccc2C1=O. The summed E-state index contributed by atoms with van der Waals surface area (Å²) in [6.45, 7) is 7.00. The Labute approximate surface area is 123 Å². The molecule has 2 rings (SSSR count). The molecule has 0 spiro atoms. The zero-order valence-electron chi connectivity index (χ0n) is 12.6. The Morgan fingerprint density at radius 3 is 2.62 bits per heavy atom. The molecule has 21 heavy (non-hydrogen) atoms. The number of hydrogen-bond donors (Lipinski definition) is 0. The second-order valence-electron chi connectivity index (χ2n) is 5.25. The summed E-state index contributed by atoms with van der Waals surface area (Å²) in [7, 11) is 0. The molecule has 1 aliphatic rings. The highest BCUT2D eigenvalue weighted by atomic mass is 16.6. The molecule has 5 heteroatoms. The van der Waals surface area contributed by atoms with Crippen LogP contribution in [0.2, 0.25) is 0 Å². The third kappa shape index (κ3) is 3.42. The Kier molecular flexibility index (Phi) is 4.31. The van der Waals surface area contributed by atoms with E-state index in [0.29, 0.717) is 22.8 Å². The Bertz CT molecular complexity index is 609. The standard InChI is InChI=1S/C16H18O5/c1-9(2)16-15(18)12-6-5-11(7-13(12)21-16)19-8-14(17)20-10(3)4/h5-7,10H,8H2,1-4H3. The van der Waals surface area contributed by atoms with E-state index in [4.69, 9.17) is 14.2 Å². The number of Topliss-reactive ketones (excluding diaryl/α,β-unsaturated/α-hetero) is 1. The molecule has 5 nitrogen and oxygen atoms in total. The van der Waals surface area contributed by atoms with Gasteiger partial charge in [-0.15, -0.1) is 0 Å². The average Bonchev–Trinajstić information content (AvgIpc) is 2.73. The Morgan fingerprint density at radius 1 is 1.29 bits per heavy atom. The van der Waals surface area contributed by atoms with Gasteiger partial charge in [0.05, 0.1) is 11.7 Å². The van der Waals surface area contributed by atoms with E-state index in [-0.39, 0.29) is 18.5 Å². The van der Waals surface area contributed by atoms with Gasteiger partial charge in [-0.1, -0.05) is 0 Å². The summed E-state index contributed by atoms with van der Waals surface area (Å²) < 4.78 is 15.8. The largest absolute Gasteiger partial charge is 0.482 e. The van der Waals surface area contributed by atoms with Crippen LogP contribution >= 0.6 is 0 Å². The lowest BCUT2D eigenvalue weighted by Crippen LogP contribution is -2.18. The average molecular weight is 290 g/mol. The van der Waals surface area contributed by atoms with Crippen LogP contribution in [0.3, 0.4) is 0 Å². The Balaban J connectivity index is 2.07. The zero-order valence-corrected chi connectivity index (χ0v) is 12.6. The minimum absolute atomic E-state index is 0.129. The van der Waals surface area contributed by atoms with E-state index in [0.717, 1.165) is 5.57 Å². The number of hydrogen-bond acceptors (Lipinski definition) is 5. The fourth-order valence-electron chi connectivity index (χ4n) is 1.91. The van der Waals surface area contributed by atoms with Crippen LogP contribution in [-0.4, -0.2) is 24.5 Å². The molecule has 0 aliphatic carbocycles. The van der Waals surface area contributed by atoms with Crippen molar-refractivity contribution in [3.8, 4) is 11.5 Å². The van der Waals surface area contributed by atoms with Gasteiger partial charge in [0.25, 0.3) is 0 Å². The van der Waals surface area contributed by atoms with Crippen molar-refractivity contribution >= 4 is 11.8 Å². The van der Waals surface area contributed by atoms with E-state index < -0.39 is 5.97 Å². The van der Waals surface area contributed by atoms with Gasteiger partial charge in [0.2, 0.25) is 5.78 Å². The molecule has 0 saturated heterocycles. The summed E-state index contributed by atoms with van der Waals surface area (Å²) in [4.78, 5) is 23.5. The highest BCUT2D eigenvalue weighted by molar-refractivity contribution is 6.12. The van der Waals surface area contributed by atoms with Gasteiger partial charge in [0, 0.05) is 6.07 Å². The third-order valence-electron chi connectivity index (χ3n) is 2.79. The second-order valence-corrected chi connectivity index (χ2v) is 5.25. The lowest BCUT2D eigenvalue weighted by molar-refractivity contribution is -0.149. The van der Waals surface area contributed by atoms with Gasteiger partial charge in [0.1, 0.15) is 11.5 Å². The number of benzene rings is 1. The smallest absolute Gasteiger partial charge is 0.344 e. The van der Waals surface area contributed by atoms with Crippen LogP contribution in [0.15, 0.2) is 29.5 Å². The molecule has 0 N–H and O–H groups in total. The molecule has 0 amide bonds. The van der Waals surface area contributed by atoms with Crippen molar-refractivity contribution in [2.24, 2.45) is 0 Å². The second kappa shape index (κ2) is 5.99. The van der Waals surface area contributed by atoms with Gasteiger partial charge in [-0.05, 0) is 45.4 Å². The quantitative estimate of drug-likeness (QED) is 0.630. The van der Waals surface area contributed by atoms with E-state index in [2.05, 4.69) is 0 Å². The molecule has 0 fully saturated rings. The number of rotatable bonds is 4. The van der Waals surface area contributed by atoms with Crippen molar-refractivity contribution in [3.63, 3.8) is 0 Å². The van der Waals surface area contributed by atoms with Crippen LogP contribution in [0.25, 0.3) is 0 Å². The van der Waals surface area contributed by atoms with Crippen LogP contribution in [0.1, 0.15) is 38.1 Å². The normalized spacial score (nSPS) is 13.0. The molecule has 0 aromatic heterocycles. The fourth-order valence-corrected chi connectivity index (χ4v) is 1.91. The monoisotopic (exact) mass is 290 g/mol. The van der Waals surface area contributed by atoms with Crippen molar-refractivity contribution in [1.82, 2.24) is 0 Å². The molecule has 0 saturated carbocycles. The van der Waals surface area contributed by atoms with Crippen molar-refractivity contribution in [2.75, 3.05) is 6.61 Å². The van der Waals surface area contributed by atoms with Gasteiger partial charge in [-0.25, -0.2) is 4.79 Å². The highest BCUT2D eigenvalue weighted by Gasteiger charge is 2.28. The summed E-state index contributed by atoms with van der Waals surface area (Å²) in [6, 6.07) is 4.87. The van der Waals surface area contributed by atoms with Crippen LogP contribution in [0.5, 0.6) is 11.5 Å². The summed E-state index contributed by atoms with van der Waals surface area (Å²) in [5, 5.41) is 0. The predicted octanol–water partition coefficient (Wildman–Crippen LogP) is 2.89. The predicted molar refractivity (Wildman–Crippen MR) is 76.5 cm³/mol. The summed E-state index contributed by atoms with van der Waals surface area (Å²) in [6.07, 6.45) is -0.178. The van der Waals surface area contributed by atoms with E-state index in [1.807, 2.05) is 13.8 Å². The lowest BCUT2D eigenvalue weighted by Gasteiger charge is -2.09.